The Bertz CT molecular complexity index is 922. The summed E-state index contributed by atoms with van der Waals surface area (Å²) in [6.45, 7) is 4.76. The molecule has 0 spiro atoms. The molecule has 0 aliphatic carbocycles. The molecule has 3 rings (SSSR count). The molecule has 10 heteroatoms. The summed E-state index contributed by atoms with van der Waals surface area (Å²) in [6.07, 6.45) is 3.45. The van der Waals surface area contributed by atoms with Crippen LogP contribution in [0.4, 0.5) is 0 Å². The van der Waals surface area contributed by atoms with E-state index in [-0.39, 0.29) is 17.7 Å². The van der Waals surface area contributed by atoms with Crippen LogP contribution in [-0.4, -0.2) is 100 Å². The first-order chi connectivity index (χ1) is 16.4. The molecule has 1 aromatic carbocycles. The van der Waals surface area contributed by atoms with Crippen LogP contribution in [0.15, 0.2) is 35.7 Å². The minimum Gasteiger partial charge on any atom is -0.385 e. The van der Waals surface area contributed by atoms with Gasteiger partial charge in [0.15, 0.2) is 0 Å². The van der Waals surface area contributed by atoms with Gasteiger partial charge in [-0.15, -0.1) is 0 Å². The molecule has 0 radical (unpaired) electrons. The van der Waals surface area contributed by atoms with E-state index in [4.69, 9.17) is 4.74 Å². The molecular formula is C24H36N4O5S. The number of nitrogens with zero attached hydrogens (tertiary/aromatic N) is 3. The lowest BCUT2D eigenvalue weighted by Gasteiger charge is -2.38. The standard InChI is InChI=1S/C24H36N4O5S/c1-33-18-5-11-25-23(29)20-26-14-16-27(17-15-26)24(30)22-8-12-28(13-9-22)34(31,32)19-10-21-6-3-2-4-7-21/h2-4,6-7,10,19,22H,5,8-9,11-18,20H2,1H3,(H,25,29)/b19-10+. The predicted octanol–water partition coefficient (Wildman–Crippen LogP) is 0.996. The summed E-state index contributed by atoms with van der Waals surface area (Å²) >= 11 is 0. The highest BCUT2D eigenvalue weighted by Crippen LogP contribution is 2.23. The molecule has 0 atom stereocenters. The number of sulfonamides is 1. The number of rotatable bonds is 10. The number of ether oxygens (including phenoxy) is 1. The third-order valence-corrected chi connectivity index (χ3v) is 7.86. The zero-order valence-electron chi connectivity index (χ0n) is 19.9. The van der Waals surface area contributed by atoms with Crippen LogP contribution < -0.4 is 5.32 Å². The second-order valence-corrected chi connectivity index (χ2v) is 10.5. The van der Waals surface area contributed by atoms with Crippen molar-refractivity contribution in [3.8, 4) is 0 Å². The van der Waals surface area contributed by atoms with E-state index >= 15 is 0 Å². The summed E-state index contributed by atoms with van der Waals surface area (Å²) < 4.78 is 31.7. The van der Waals surface area contributed by atoms with Crippen molar-refractivity contribution >= 4 is 27.9 Å². The first kappa shape index (κ1) is 26.3. The monoisotopic (exact) mass is 492 g/mol. The molecule has 0 aromatic heterocycles. The number of amides is 2. The lowest BCUT2D eigenvalue weighted by Crippen LogP contribution is -2.53. The minimum absolute atomic E-state index is 0.00854. The highest BCUT2D eigenvalue weighted by Gasteiger charge is 2.33. The van der Waals surface area contributed by atoms with Crippen molar-refractivity contribution in [3.05, 3.63) is 41.3 Å². The van der Waals surface area contributed by atoms with Crippen molar-refractivity contribution in [3.63, 3.8) is 0 Å². The van der Waals surface area contributed by atoms with Gasteiger partial charge in [0.05, 0.1) is 6.54 Å². The minimum atomic E-state index is -3.51. The maximum Gasteiger partial charge on any atom is 0.236 e. The van der Waals surface area contributed by atoms with Crippen LogP contribution in [0.1, 0.15) is 24.8 Å². The van der Waals surface area contributed by atoms with E-state index in [1.54, 1.807) is 13.2 Å². The largest absolute Gasteiger partial charge is 0.385 e. The van der Waals surface area contributed by atoms with E-state index in [2.05, 4.69) is 10.2 Å². The van der Waals surface area contributed by atoms with Crippen LogP contribution in [0.25, 0.3) is 6.08 Å². The van der Waals surface area contributed by atoms with E-state index in [0.29, 0.717) is 71.8 Å². The Hall–Kier alpha value is -2.27. The van der Waals surface area contributed by atoms with Crippen molar-refractivity contribution in [2.24, 2.45) is 5.92 Å². The van der Waals surface area contributed by atoms with Gasteiger partial charge in [0.25, 0.3) is 0 Å². The highest BCUT2D eigenvalue weighted by molar-refractivity contribution is 7.92. The van der Waals surface area contributed by atoms with Gasteiger partial charge in [-0.25, -0.2) is 8.42 Å². The lowest BCUT2D eigenvalue weighted by molar-refractivity contribution is -0.138. The normalized spacial score (nSPS) is 18.9. The number of benzene rings is 1. The fourth-order valence-electron chi connectivity index (χ4n) is 4.26. The zero-order chi connectivity index (χ0) is 24.4. The van der Waals surface area contributed by atoms with Crippen molar-refractivity contribution in [1.29, 1.82) is 0 Å². The number of piperazine rings is 1. The van der Waals surface area contributed by atoms with Gasteiger partial charge in [-0.1, -0.05) is 30.3 Å². The summed E-state index contributed by atoms with van der Waals surface area (Å²) in [6, 6.07) is 9.32. The van der Waals surface area contributed by atoms with Crippen LogP contribution in [0.3, 0.4) is 0 Å². The van der Waals surface area contributed by atoms with Crippen molar-refractivity contribution < 1.29 is 22.7 Å². The van der Waals surface area contributed by atoms with Crippen LogP contribution in [0.2, 0.25) is 0 Å². The molecule has 0 saturated carbocycles. The number of methoxy groups -OCH3 is 1. The van der Waals surface area contributed by atoms with E-state index < -0.39 is 10.0 Å². The molecule has 2 amide bonds. The van der Waals surface area contributed by atoms with Crippen molar-refractivity contribution in [2.45, 2.75) is 19.3 Å². The Morgan fingerprint density at radius 3 is 2.38 bits per heavy atom. The fourth-order valence-corrected chi connectivity index (χ4v) is 5.48. The molecule has 2 heterocycles. The SMILES string of the molecule is COCCCNC(=O)CN1CCN(C(=O)C2CCN(S(=O)(=O)/C=C/c3ccccc3)CC2)CC1. The molecule has 2 fully saturated rings. The number of carbonyl (C=O) groups excluding carboxylic acids is 2. The van der Waals surface area contributed by atoms with Gasteiger partial charge in [-0.3, -0.25) is 14.5 Å². The quantitative estimate of drug-likeness (QED) is 0.489. The number of piperidine rings is 1. The maximum absolute atomic E-state index is 13.0. The topological polar surface area (TPSA) is 99.3 Å². The second kappa shape index (κ2) is 13.0. The number of nitrogens with one attached hydrogen (secondary N) is 1. The predicted molar refractivity (Wildman–Crippen MR) is 131 cm³/mol. The van der Waals surface area contributed by atoms with Gasteiger partial charge in [0.2, 0.25) is 21.8 Å². The van der Waals surface area contributed by atoms with Gasteiger partial charge in [-0.2, -0.15) is 4.31 Å². The second-order valence-electron chi connectivity index (χ2n) is 8.73. The van der Waals surface area contributed by atoms with Gasteiger partial charge in [0.1, 0.15) is 0 Å². The maximum atomic E-state index is 13.0. The molecule has 0 unspecified atom stereocenters. The summed E-state index contributed by atoms with van der Waals surface area (Å²) in [5, 5.41) is 4.13. The number of hydrogen-bond donors (Lipinski definition) is 1. The van der Waals surface area contributed by atoms with Crippen molar-refractivity contribution in [1.82, 2.24) is 19.4 Å². The molecule has 2 aliphatic rings. The van der Waals surface area contributed by atoms with E-state index in [1.807, 2.05) is 35.2 Å². The Kier molecular flexibility index (Phi) is 10.1. The van der Waals surface area contributed by atoms with Gasteiger partial charge in [-0.05, 0) is 30.9 Å². The van der Waals surface area contributed by atoms with E-state index in [9.17, 15) is 18.0 Å². The first-order valence-electron chi connectivity index (χ1n) is 11.9. The summed E-state index contributed by atoms with van der Waals surface area (Å²) in [7, 11) is -1.87. The molecule has 2 saturated heterocycles. The molecule has 1 aromatic rings. The number of carbonyl (C=O) groups is 2. The molecule has 34 heavy (non-hydrogen) atoms. The van der Waals surface area contributed by atoms with Gasteiger partial charge in [0, 0.05) is 70.9 Å². The average Bonchev–Trinajstić information content (AvgIpc) is 2.86. The smallest absolute Gasteiger partial charge is 0.236 e. The Labute approximate surface area is 202 Å². The average molecular weight is 493 g/mol. The summed E-state index contributed by atoms with van der Waals surface area (Å²) in [5.41, 5.74) is 0.832. The van der Waals surface area contributed by atoms with E-state index in [1.165, 1.54) is 9.71 Å². The molecule has 188 valence electrons. The summed E-state index contributed by atoms with van der Waals surface area (Å²) in [5.74, 6) is -0.0634. The third kappa shape index (κ3) is 7.90. The van der Waals surface area contributed by atoms with Gasteiger partial charge >= 0.3 is 0 Å². The van der Waals surface area contributed by atoms with Crippen LogP contribution in [0, 0.1) is 5.92 Å². The number of hydrogen-bond acceptors (Lipinski definition) is 6. The Morgan fingerprint density at radius 1 is 1.06 bits per heavy atom. The molecule has 0 bridgehead atoms. The fraction of sp³-hybridized carbons (Fsp3) is 0.583. The van der Waals surface area contributed by atoms with Crippen LogP contribution >= 0.6 is 0 Å². The molecule has 2 aliphatic heterocycles. The Balaban J connectivity index is 1.39. The molecule has 1 N–H and O–H groups in total. The highest BCUT2D eigenvalue weighted by atomic mass is 32.2. The summed E-state index contributed by atoms with van der Waals surface area (Å²) in [4.78, 5) is 28.9. The van der Waals surface area contributed by atoms with Crippen molar-refractivity contribution in [2.75, 3.05) is 66.1 Å². The molecule has 9 nitrogen and oxygen atoms in total. The van der Waals surface area contributed by atoms with Crippen LogP contribution in [-0.2, 0) is 24.3 Å². The van der Waals surface area contributed by atoms with Gasteiger partial charge < -0.3 is 15.0 Å². The molecular weight excluding hydrogens is 456 g/mol. The van der Waals surface area contributed by atoms with E-state index in [0.717, 1.165) is 12.0 Å². The first-order valence-corrected chi connectivity index (χ1v) is 13.4. The van der Waals surface area contributed by atoms with Crippen LogP contribution in [0.5, 0.6) is 0 Å². The third-order valence-electron chi connectivity index (χ3n) is 6.29. The lowest BCUT2D eigenvalue weighted by atomic mass is 9.96. The zero-order valence-corrected chi connectivity index (χ0v) is 20.7. The Morgan fingerprint density at radius 2 is 1.74 bits per heavy atom.